The quantitative estimate of drug-likeness (QED) is 0.155. The third-order valence-corrected chi connectivity index (χ3v) is 13.5. The van der Waals surface area contributed by atoms with Crippen molar-refractivity contribution in [2.24, 2.45) is 5.92 Å². The minimum absolute atomic E-state index is 0.0617. The molecular weight excluding hydrogens is 684 g/mol. The van der Waals surface area contributed by atoms with E-state index in [1.165, 1.54) is 0 Å². The Morgan fingerprint density at radius 3 is 2.69 bits per heavy atom. The van der Waals surface area contributed by atoms with Crippen LogP contribution >= 0.6 is 11.6 Å². The Balaban J connectivity index is 1.14. The van der Waals surface area contributed by atoms with Gasteiger partial charge >= 0.3 is 0 Å². The van der Waals surface area contributed by atoms with Gasteiger partial charge in [0, 0.05) is 40.5 Å². The van der Waals surface area contributed by atoms with Gasteiger partial charge in [-0.15, -0.1) is 5.10 Å². The maximum Gasteiger partial charge on any atom is 0.264 e. The topological polar surface area (TPSA) is 142 Å². The number of aryl methyl sites for hydroxylation is 1. The van der Waals surface area contributed by atoms with Crippen molar-refractivity contribution < 1.29 is 24.2 Å². The number of anilines is 2. The fourth-order valence-corrected chi connectivity index (χ4v) is 11.2. The molecule has 13 heteroatoms. The zero-order valence-electron chi connectivity index (χ0n) is 29.1. The molecule has 4 heterocycles. The van der Waals surface area contributed by atoms with Crippen molar-refractivity contribution in [2.45, 2.75) is 81.6 Å². The highest BCUT2D eigenvalue weighted by Gasteiger charge is 2.66. The first-order valence-electron chi connectivity index (χ1n) is 17.7. The summed E-state index contributed by atoms with van der Waals surface area (Å²) in [5.41, 5.74) is 2.95. The van der Waals surface area contributed by atoms with E-state index in [0.29, 0.717) is 34.9 Å². The van der Waals surface area contributed by atoms with Crippen LogP contribution < -0.4 is 15.5 Å². The predicted octanol–water partition coefficient (Wildman–Crippen LogP) is 5.18. The van der Waals surface area contributed by atoms with E-state index < -0.39 is 20.0 Å². The largest absolute Gasteiger partial charge is 0.432 e. The van der Waals surface area contributed by atoms with Gasteiger partial charge in [-0.25, -0.2) is 0 Å². The molecule has 2 amide bonds. The average Bonchev–Trinajstić information content (AvgIpc) is 3.90. The van der Waals surface area contributed by atoms with E-state index in [1.807, 2.05) is 92.9 Å². The summed E-state index contributed by atoms with van der Waals surface area (Å²) in [6, 6.07) is 22.6. The predicted molar refractivity (Wildman–Crippen MR) is 198 cm³/mol. The highest BCUT2D eigenvalue weighted by molar-refractivity contribution is 6.71. The number of aliphatic hydroxyl groups excluding tert-OH is 1. The molecule has 2 saturated heterocycles. The summed E-state index contributed by atoms with van der Waals surface area (Å²) < 4.78 is 8.72. The monoisotopic (exact) mass is 728 g/mol. The Morgan fingerprint density at radius 1 is 1.16 bits per heavy atom. The van der Waals surface area contributed by atoms with Crippen LogP contribution in [-0.2, 0) is 33.0 Å². The van der Waals surface area contributed by atoms with Gasteiger partial charge in [-0.2, -0.15) is 0 Å². The molecule has 3 aliphatic rings. The number of fused-ring (bicyclic) bond motifs is 2. The van der Waals surface area contributed by atoms with Crippen LogP contribution in [0.1, 0.15) is 54.5 Å². The molecule has 2 fully saturated rings. The Hall–Kier alpha value is -3.91. The lowest BCUT2D eigenvalue weighted by Crippen LogP contribution is -2.46. The second-order valence-corrected chi connectivity index (χ2v) is 19.0. The maximum atomic E-state index is 14.9. The molecule has 0 aliphatic carbocycles. The molecule has 4 aromatic rings. The zero-order chi connectivity index (χ0) is 35.9. The Labute approximate surface area is 304 Å². The Kier molecular flexibility index (Phi) is 9.91. The first-order chi connectivity index (χ1) is 24.5. The third-order valence-electron chi connectivity index (χ3n) is 10.8. The van der Waals surface area contributed by atoms with Crippen molar-refractivity contribution in [1.82, 2.24) is 20.3 Å². The molecule has 3 aromatic carbocycles. The van der Waals surface area contributed by atoms with Crippen LogP contribution in [0.5, 0.6) is 0 Å². The summed E-state index contributed by atoms with van der Waals surface area (Å²) in [6.45, 7) is 7.26. The third kappa shape index (κ3) is 6.76. The first-order valence-corrected chi connectivity index (χ1v) is 21.1. The molecule has 11 nitrogen and oxygen atoms in total. The smallest absolute Gasteiger partial charge is 0.264 e. The van der Waals surface area contributed by atoms with Gasteiger partial charge in [-0.1, -0.05) is 66.2 Å². The summed E-state index contributed by atoms with van der Waals surface area (Å²) in [7, 11) is -2.89. The molecule has 7 rings (SSSR count). The highest BCUT2D eigenvalue weighted by Crippen LogP contribution is 2.60. The van der Waals surface area contributed by atoms with Gasteiger partial charge in [-0.05, 0) is 80.4 Å². The Morgan fingerprint density at radius 2 is 1.96 bits per heavy atom. The highest BCUT2D eigenvalue weighted by atomic mass is 35.5. The summed E-state index contributed by atoms with van der Waals surface area (Å²) in [4.78, 5) is 41.1. The lowest BCUT2D eigenvalue weighted by atomic mass is 9.82. The lowest BCUT2D eigenvalue weighted by Gasteiger charge is -2.32. The SMILES string of the molecule is C[C@@H]1[C@@H]([Si](C)(C)O)[C@H](CCn2cc(C(CO)c3ccccc3)nn2)O[C@@]12C(=O)N(Cc1cccc(NC(=O)[C@H]3CCCN3)c1)c1ccc(Cl)cc12. The number of halogens is 1. The van der Waals surface area contributed by atoms with Crippen LogP contribution in [-0.4, -0.2) is 70.3 Å². The number of hydrogen-bond donors (Lipinski definition) is 4. The van der Waals surface area contributed by atoms with E-state index in [4.69, 9.17) is 16.3 Å². The van der Waals surface area contributed by atoms with E-state index in [1.54, 1.807) is 15.6 Å². The first kappa shape index (κ1) is 35.5. The van der Waals surface area contributed by atoms with Crippen molar-refractivity contribution in [2.75, 3.05) is 23.4 Å². The van der Waals surface area contributed by atoms with Crippen LogP contribution in [0.25, 0.3) is 0 Å². The number of amides is 2. The molecule has 0 bridgehead atoms. The molecule has 3 aliphatic heterocycles. The summed E-state index contributed by atoms with van der Waals surface area (Å²) in [6.07, 6.45) is 3.67. The molecule has 4 N–H and O–H groups in total. The van der Waals surface area contributed by atoms with Gasteiger partial charge < -0.3 is 30.2 Å². The molecule has 1 unspecified atom stereocenters. The number of carbonyl (C=O) groups excluding carboxylic acids is 2. The van der Waals surface area contributed by atoms with Crippen molar-refractivity contribution in [1.29, 1.82) is 0 Å². The number of benzene rings is 3. The second-order valence-electron chi connectivity index (χ2n) is 14.6. The summed E-state index contributed by atoms with van der Waals surface area (Å²) in [5, 5.41) is 25.6. The molecule has 1 spiro atoms. The lowest BCUT2D eigenvalue weighted by molar-refractivity contribution is -0.146. The number of nitrogens with one attached hydrogen (secondary N) is 2. The normalized spacial score (nSPS) is 25.1. The fourth-order valence-electron chi connectivity index (χ4n) is 8.44. The molecule has 0 radical (unpaired) electrons. The summed E-state index contributed by atoms with van der Waals surface area (Å²) in [5.74, 6) is -0.906. The van der Waals surface area contributed by atoms with Crippen LogP contribution in [0.15, 0.2) is 79.0 Å². The van der Waals surface area contributed by atoms with Crippen LogP contribution in [0.2, 0.25) is 23.7 Å². The van der Waals surface area contributed by atoms with Crippen LogP contribution in [0, 0.1) is 5.92 Å². The van der Waals surface area contributed by atoms with Crippen molar-refractivity contribution in [3.8, 4) is 0 Å². The van der Waals surface area contributed by atoms with Gasteiger partial charge in [0.2, 0.25) is 5.91 Å². The van der Waals surface area contributed by atoms with Crippen molar-refractivity contribution in [3.05, 3.63) is 106 Å². The standard InChI is InChI=1S/C38H45ClN6O5Si/c1-24-35(51(2,3)49)34(16-18-44-22-32(42-43-44)29(23-46)26-10-5-4-6-11-26)50-38(24)30-20-27(39)14-15-33(30)45(37(38)48)21-25-9-7-12-28(19-25)41-36(47)31-13-8-17-40-31/h4-7,9-12,14-15,19-20,22,24,29,31,34-35,40,46,49H,8,13,16-18,21,23H2,1-3H3,(H,41,47)/t24-,29?,31-,34+,35-,38+/m1/s1. The minimum atomic E-state index is -2.89. The number of nitrogens with zero attached hydrogens (tertiary/aromatic N) is 4. The summed E-state index contributed by atoms with van der Waals surface area (Å²) >= 11 is 6.59. The van der Waals surface area contributed by atoms with E-state index in [-0.39, 0.29) is 48.4 Å². The van der Waals surface area contributed by atoms with Crippen LogP contribution in [0.3, 0.4) is 0 Å². The number of ether oxygens (including phenoxy) is 1. The Bertz CT molecular complexity index is 1900. The number of aromatic nitrogens is 3. The van der Waals surface area contributed by atoms with Crippen molar-refractivity contribution in [3.63, 3.8) is 0 Å². The zero-order valence-corrected chi connectivity index (χ0v) is 30.9. The molecule has 268 valence electrons. The van der Waals surface area contributed by atoms with E-state index in [9.17, 15) is 19.5 Å². The molecule has 6 atom stereocenters. The van der Waals surface area contributed by atoms with Gasteiger partial charge in [0.1, 0.15) is 0 Å². The van der Waals surface area contributed by atoms with Crippen molar-refractivity contribution >= 4 is 43.1 Å². The van der Waals surface area contributed by atoms with E-state index in [2.05, 4.69) is 20.9 Å². The second kappa shape index (κ2) is 14.2. The van der Waals surface area contributed by atoms with E-state index in [0.717, 1.165) is 36.2 Å². The molecular formula is C38H45ClN6O5Si. The number of hydrogen-bond acceptors (Lipinski definition) is 8. The van der Waals surface area contributed by atoms with Gasteiger partial charge in [-0.3, -0.25) is 14.3 Å². The van der Waals surface area contributed by atoms with Gasteiger partial charge in [0.05, 0.1) is 42.6 Å². The molecule has 0 saturated carbocycles. The number of rotatable bonds is 11. The number of carbonyl (C=O) groups is 2. The fraction of sp³-hybridized carbons (Fsp3) is 0.421. The van der Waals surface area contributed by atoms with Crippen LogP contribution in [0.4, 0.5) is 11.4 Å². The molecule has 1 aromatic heterocycles. The average molecular weight is 729 g/mol. The molecule has 51 heavy (non-hydrogen) atoms. The van der Waals surface area contributed by atoms with Gasteiger partial charge in [0.15, 0.2) is 13.9 Å². The maximum absolute atomic E-state index is 14.9. The number of aliphatic hydroxyl groups is 1. The van der Waals surface area contributed by atoms with E-state index >= 15 is 0 Å². The minimum Gasteiger partial charge on any atom is -0.432 e. The van der Waals surface area contributed by atoms with Gasteiger partial charge in [0.25, 0.3) is 5.91 Å².